The number of tetrazole rings is 1. The number of nitrogens with two attached hydrogens (primary N) is 2. The van der Waals surface area contributed by atoms with Crippen molar-refractivity contribution in [3.63, 3.8) is 0 Å². The van der Waals surface area contributed by atoms with Gasteiger partial charge in [-0.25, -0.2) is 26.5 Å². The molecule has 5 aromatic rings. The summed E-state index contributed by atoms with van der Waals surface area (Å²) < 4.78 is 64.1. The molecule has 0 aliphatic rings. The number of aromatic amines is 1. The maximum Gasteiger partial charge on any atom is 0.242 e. The number of para-hydroxylation sites is 1. The first-order valence-electron chi connectivity index (χ1n) is 12.2. The van der Waals surface area contributed by atoms with Crippen LogP contribution in [0.3, 0.4) is 0 Å². The van der Waals surface area contributed by atoms with Gasteiger partial charge >= 0.3 is 0 Å². The van der Waals surface area contributed by atoms with Gasteiger partial charge in [0.1, 0.15) is 10.6 Å². The summed E-state index contributed by atoms with van der Waals surface area (Å²) in [4.78, 5) is 3.47. The van der Waals surface area contributed by atoms with Gasteiger partial charge in [-0.2, -0.15) is 5.21 Å². The molecule has 0 radical (unpaired) electrons. The van der Waals surface area contributed by atoms with Crippen molar-refractivity contribution >= 4 is 46.5 Å². The van der Waals surface area contributed by atoms with Crippen LogP contribution in [0.5, 0.6) is 5.75 Å². The number of fused-ring (bicyclic) bond motifs is 1. The molecule has 16 heteroatoms. The Bertz CT molecular complexity index is 1920. The molecule has 0 fully saturated rings. The van der Waals surface area contributed by atoms with Gasteiger partial charge in [-0.3, -0.25) is 0 Å². The largest absolute Gasteiger partial charge is 0.497 e. The van der Waals surface area contributed by atoms with Crippen LogP contribution in [0, 0.1) is 0 Å². The van der Waals surface area contributed by atoms with E-state index in [1.807, 2.05) is 6.07 Å². The minimum atomic E-state index is -4.53. The van der Waals surface area contributed by atoms with Gasteiger partial charge in [0, 0.05) is 18.7 Å². The molecule has 6 N–H and O–H groups in total. The highest BCUT2D eigenvalue weighted by Crippen LogP contribution is 2.42. The SMILES string of the molecule is COc1ccc(CNS(=O)(=O)c2c(S(=O)(=O)C(C)CN)ccc(-c3cccc4sc(N)nc34)c2-c2nn[nH]n2)cc1. The summed E-state index contributed by atoms with van der Waals surface area (Å²) in [5, 5.41) is 13.3. The van der Waals surface area contributed by atoms with E-state index in [9.17, 15) is 16.8 Å². The summed E-state index contributed by atoms with van der Waals surface area (Å²) in [6.07, 6.45) is 0. The molecule has 41 heavy (non-hydrogen) atoms. The number of aromatic nitrogens is 5. The van der Waals surface area contributed by atoms with Crippen LogP contribution in [-0.4, -0.2) is 61.3 Å². The van der Waals surface area contributed by atoms with Crippen molar-refractivity contribution in [3.05, 3.63) is 60.2 Å². The van der Waals surface area contributed by atoms with Crippen molar-refractivity contribution in [2.75, 3.05) is 19.4 Å². The molecule has 0 bridgehead atoms. The topological polar surface area (TPSA) is 209 Å². The van der Waals surface area contributed by atoms with Gasteiger partial charge in [0.25, 0.3) is 0 Å². The van der Waals surface area contributed by atoms with E-state index in [-0.39, 0.29) is 24.5 Å². The third kappa shape index (κ3) is 5.39. The van der Waals surface area contributed by atoms with Crippen molar-refractivity contribution in [2.45, 2.75) is 28.5 Å². The van der Waals surface area contributed by atoms with Crippen LogP contribution in [-0.2, 0) is 26.4 Å². The lowest BCUT2D eigenvalue weighted by Crippen LogP contribution is -2.31. The molecule has 0 amide bonds. The van der Waals surface area contributed by atoms with Gasteiger partial charge < -0.3 is 16.2 Å². The first kappa shape index (κ1) is 28.6. The van der Waals surface area contributed by atoms with Crippen LogP contribution in [0.1, 0.15) is 12.5 Å². The summed E-state index contributed by atoms with van der Waals surface area (Å²) in [5.41, 5.74) is 13.6. The smallest absolute Gasteiger partial charge is 0.242 e. The van der Waals surface area contributed by atoms with Crippen LogP contribution in [0.4, 0.5) is 5.13 Å². The second kappa shape index (κ2) is 11.1. The Morgan fingerprint density at radius 2 is 1.80 bits per heavy atom. The predicted octanol–water partition coefficient (Wildman–Crippen LogP) is 2.33. The van der Waals surface area contributed by atoms with Crippen molar-refractivity contribution in [1.82, 2.24) is 30.3 Å². The van der Waals surface area contributed by atoms with E-state index >= 15 is 0 Å². The highest BCUT2D eigenvalue weighted by atomic mass is 32.2. The molecule has 0 spiro atoms. The van der Waals surface area contributed by atoms with Crippen LogP contribution < -0.4 is 20.9 Å². The van der Waals surface area contributed by atoms with Gasteiger partial charge in [-0.1, -0.05) is 41.7 Å². The molecule has 2 heterocycles. The predicted molar refractivity (Wildman–Crippen MR) is 155 cm³/mol. The Balaban J connectivity index is 1.79. The van der Waals surface area contributed by atoms with E-state index in [1.165, 1.54) is 37.5 Å². The average Bonchev–Trinajstić information content (AvgIpc) is 3.64. The summed E-state index contributed by atoms with van der Waals surface area (Å²) in [7, 11) is -7.23. The van der Waals surface area contributed by atoms with Crippen molar-refractivity contribution < 1.29 is 21.6 Å². The summed E-state index contributed by atoms with van der Waals surface area (Å²) in [6, 6.07) is 14.9. The molecule has 2 aromatic heterocycles. The monoisotopic (exact) mass is 614 g/mol. The minimum absolute atomic E-state index is 0.0645. The molecule has 0 saturated carbocycles. The quantitative estimate of drug-likeness (QED) is 0.179. The number of sulfonamides is 1. The number of nitrogen functional groups attached to an aromatic ring is 1. The molecule has 1 atom stereocenters. The number of rotatable bonds is 10. The van der Waals surface area contributed by atoms with E-state index < -0.39 is 34.9 Å². The number of hydrogen-bond acceptors (Lipinski definition) is 12. The zero-order valence-corrected chi connectivity index (χ0v) is 24.3. The molecular formula is C25H26N8O5S3. The van der Waals surface area contributed by atoms with Gasteiger partial charge in [0.05, 0.1) is 33.0 Å². The van der Waals surface area contributed by atoms with Crippen LogP contribution >= 0.6 is 11.3 Å². The maximum atomic E-state index is 14.1. The van der Waals surface area contributed by atoms with E-state index in [2.05, 4.69) is 30.3 Å². The highest BCUT2D eigenvalue weighted by Gasteiger charge is 2.36. The summed E-state index contributed by atoms with van der Waals surface area (Å²) in [6.45, 7) is 1.06. The number of ether oxygens (including phenoxy) is 1. The number of nitrogens with zero attached hydrogens (tertiary/aromatic N) is 4. The fraction of sp³-hybridized carbons (Fsp3) is 0.200. The lowest BCUT2D eigenvalue weighted by atomic mass is 9.98. The second-order valence-corrected chi connectivity index (χ2v) is 14.1. The third-order valence-corrected chi connectivity index (χ3v) is 11.1. The lowest BCUT2D eigenvalue weighted by Gasteiger charge is -2.20. The van der Waals surface area contributed by atoms with E-state index in [0.717, 1.165) is 4.70 Å². The Hall–Kier alpha value is -3.96. The number of sulfone groups is 1. The summed E-state index contributed by atoms with van der Waals surface area (Å²) >= 11 is 1.26. The van der Waals surface area contributed by atoms with Crippen LogP contribution in [0.2, 0.25) is 0 Å². The Morgan fingerprint density at radius 3 is 2.46 bits per heavy atom. The number of methoxy groups -OCH3 is 1. The van der Waals surface area contributed by atoms with E-state index in [4.69, 9.17) is 16.2 Å². The number of H-pyrrole nitrogens is 1. The van der Waals surface area contributed by atoms with Crippen molar-refractivity contribution in [3.8, 4) is 28.3 Å². The van der Waals surface area contributed by atoms with Gasteiger partial charge in [0.2, 0.25) is 15.8 Å². The maximum absolute atomic E-state index is 14.1. The normalized spacial score (nSPS) is 13.0. The highest BCUT2D eigenvalue weighted by molar-refractivity contribution is 7.94. The van der Waals surface area contributed by atoms with Gasteiger partial charge in [-0.15, -0.1) is 10.2 Å². The van der Waals surface area contributed by atoms with Crippen LogP contribution in [0.15, 0.2) is 64.4 Å². The molecule has 0 aliphatic carbocycles. The Kier molecular flexibility index (Phi) is 7.76. The molecule has 3 aromatic carbocycles. The number of anilines is 1. The molecule has 0 saturated heterocycles. The van der Waals surface area contributed by atoms with Crippen LogP contribution in [0.25, 0.3) is 32.7 Å². The molecule has 1 unspecified atom stereocenters. The number of thiazole rings is 1. The first-order chi connectivity index (χ1) is 19.6. The van der Waals surface area contributed by atoms with Crippen molar-refractivity contribution in [1.29, 1.82) is 0 Å². The average molecular weight is 615 g/mol. The number of nitrogens with one attached hydrogen (secondary N) is 2. The fourth-order valence-electron chi connectivity index (χ4n) is 4.29. The Labute approximate surface area is 239 Å². The molecular weight excluding hydrogens is 589 g/mol. The zero-order valence-electron chi connectivity index (χ0n) is 21.9. The third-order valence-electron chi connectivity index (χ3n) is 6.48. The molecule has 5 rings (SSSR count). The van der Waals surface area contributed by atoms with Crippen molar-refractivity contribution in [2.24, 2.45) is 5.73 Å². The molecule has 0 aliphatic heterocycles. The fourth-order valence-corrected chi connectivity index (χ4v) is 8.34. The second-order valence-electron chi connectivity index (χ2n) is 9.02. The van der Waals surface area contributed by atoms with E-state index in [1.54, 1.807) is 36.4 Å². The number of hydrogen-bond donors (Lipinski definition) is 4. The first-order valence-corrected chi connectivity index (χ1v) is 16.0. The lowest BCUT2D eigenvalue weighted by molar-refractivity contribution is 0.414. The number of benzene rings is 3. The van der Waals surface area contributed by atoms with E-state index in [0.29, 0.717) is 33.1 Å². The van der Waals surface area contributed by atoms with Gasteiger partial charge in [0.15, 0.2) is 15.0 Å². The molecule has 214 valence electrons. The van der Waals surface area contributed by atoms with Gasteiger partial charge in [-0.05, 0) is 47.5 Å². The Morgan fingerprint density at radius 1 is 1.05 bits per heavy atom. The standard InChI is InChI=1S/C25H26N8O5S3/c1-14(12-26)40(34,35)20-11-10-17(18-4-3-5-19-22(18)29-25(27)39-19)21(24-30-32-33-31-24)23(20)41(36,37)28-13-15-6-8-16(38-2)9-7-15/h3-11,14,28H,12-13,26H2,1-2H3,(H2,27,29)(H,30,31,32,33). The zero-order chi connectivity index (χ0) is 29.4. The summed E-state index contributed by atoms with van der Waals surface area (Å²) in [5.74, 6) is 0.479. The molecule has 13 nitrogen and oxygen atoms in total. The minimum Gasteiger partial charge on any atom is -0.497 e.